The molecular weight excluding hydrogens is 263 g/mol. The zero-order chi connectivity index (χ0) is 12.8. The summed E-state index contributed by atoms with van der Waals surface area (Å²) in [6, 6.07) is 5.02. The Hall–Kier alpha value is -0.640. The quantitative estimate of drug-likeness (QED) is 0.505. The number of amidine groups is 1. The van der Waals surface area contributed by atoms with Crippen LogP contribution in [-0.2, 0) is 0 Å². The van der Waals surface area contributed by atoms with Crippen LogP contribution in [0.4, 0.5) is 5.69 Å². The van der Waals surface area contributed by atoms with Gasteiger partial charge < -0.3 is 5.31 Å². The first-order valence-corrected chi connectivity index (χ1v) is 6.51. The summed E-state index contributed by atoms with van der Waals surface area (Å²) in [5.41, 5.74) is 0.622. The van der Waals surface area contributed by atoms with Gasteiger partial charge in [-0.1, -0.05) is 41.0 Å². The predicted molar refractivity (Wildman–Crippen MR) is 76.1 cm³/mol. The average Bonchev–Trinajstić information content (AvgIpc) is 2.33. The fourth-order valence-corrected chi connectivity index (χ4v) is 1.65. The summed E-state index contributed by atoms with van der Waals surface area (Å²) >= 11 is 13.1. The standard InChI is InChI=1S/C11H12Cl2N2S/c1-3-6-14-11(16-2)15-8-4-5-9(12)10(13)7-8/h3-5,7H,1,6H2,2H3,(H,14,15)/i/hD. The number of nitrogens with one attached hydrogen (secondary N) is 1. The normalized spacial score (nSPS) is 12.2. The van der Waals surface area contributed by atoms with Crippen molar-refractivity contribution in [1.29, 1.82) is 0 Å². The molecular formula is C11H12Cl2N2S. The van der Waals surface area contributed by atoms with E-state index in [0.29, 0.717) is 27.4 Å². The molecule has 1 N–H and O–H groups in total. The molecule has 1 aromatic rings. The molecule has 0 amide bonds. The highest BCUT2D eigenvalue weighted by Gasteiger charge is 2.01. The van der Waals surface area contributed by atoms with E-state index in [2.05, 4.69) is 11.6 Å². The molecule has 0 radical (unpaired) electrons. The molecule has 0 fully saturated rings. The molecule has 0 aliphatic heterocycles. The first-order chi connectivity index (χ1) is 8.10. The van der Waals surface area contributed by atoms with Crippen LogP contribution in [0.25, 0.3) is 0 Å². The van der Waals surface area contributed by atoms with E-state index >= 15 is 0 Å². The van der Waals surface area contributed by atoms with E-state index in [1.165, 1.54) is 17.1 Å². The van der Waals surface area contributed by atoms with Gasteiger partial charge in [-0.25, -0.2) is 0 Å². The molecule has 0 atom stereocenters. The van der Waals surface area contributed by atoms with E-state index in [9.17, 15) is 0 Å². The Kier molecular flexibility index (Phi) is 5.06. The Morgan fingerprint density at radius 2 is 2.38 bits per heavy atom. The van der Waals surface area contributed by atoms with Crippen LogP contribution in [0, 0.1) is 0 Å². The average molecular weight is 276 g/mol. The van der Waals surface area contributed by atoms with Gasteiger partial charge in [0.15, 0.2) is 6.58 Å². The van der Waals surface area contributed by atoms with Crippen LogP contribution in [0.15, 0.2) is 35.8 Å². The van der Waals surface area contributed by atoms with Crippen LogP contribution in [0.3, 0.4) is 0 Å². The number of aliphatic imine (C=N–C) groups is 1. The first-order valence-electron chi connectivity index (χ1n) is 4.98. The molecule has 1 aromatic carbocycles. The third kappa shape index (κ3) is 4.08. The summed E-state index contributed by atoms with van der Waals surface area (Å²) in [5, 5.41) is 2.68. The molecule has 0 unspecified atom stereocenters. The lowest BCUT2D eigenvalue weighted by Crippen LogP contribution is -2.07. The topological polar surface area (TPSA) is 24.4 Å². The maximum atomic E-state index is 7.96. The van der Waals surface area contributed by atoms with E-state index in [4.69, 9.17) is 24.6 Å². The summed E-state index contributed by atoms with van der Waals surface area (Å²) in [6.45, 7) is 4.07. The summed E-state index contributed by atoms with van der Waals surface area (Å²) in [6.07, 6.45) is 3.54. The number of thioether (sulfide) groups is 1. The van der Waals surface area contributed by atoms with Gasteiger partial charge >= 0.3 is 0 Å². The summed E-state index contributed by atoms with van der Waals surface area (Å²) in [4.78, 5) is 4.21. The van der Waals surface area contributed by atoms with Gasteiger partial charge in [-0.2, -0.15) is 0 Å². The molecule has 0 saturated heterocycles. The second-order valence-electron chi connectivity index (χ2n) is 2.83. The van der Waals surface area contributed by atoms with Crippen molar-refractivity contribution >= 4 is 45.8 Å². The Balaban J connectivity index is 2.97. The molecule has 5 heteroatoms. The SMILES string of the molecule is [2H]N(C(=NCC=C)SC)c1ccc(Cl)c(Cl)c1. The van der Waals surface area contributed by atoms with Crippen molar-refractivity contribution in [1.82, 2.24) is 0 Å². The van der Waals surface area contributed by atoms with Crippen LogP contribution in [0.5, 0.6) is 0 Å². The second kappa shape index (κ2) is 6.84. The molecule has 0 spiro atoms. The van der Waals surface area contributed by atoms with Gasteiger partial charge in [0.25, 0.3) is 0 Å². The van der Waals surface area contributed by atoms with E-state index in [1.807, 2.05) is 6.26 Å². The third-order valence-corrected chi connectivity index (χ3v) is 2.99. The minimum atomic E-state index is 0.422. The number of hydrogen-bond acceptors (Lipinski definition) is 2. The fraction of sp³-hybridized carbons (Fsp3) is 0.182. The van der Waals surface area contributed by atoms with Crippen molar-refractivity contribution in [2.45, 2.75) is 0 Å². The predicted octanol–water partition coefficient (Wildman–Crippen LogP) is 4.31. The van der Waals surface area contributed by atoms with E-state index in [1.54, 1.807) is 24.3 Å². The number of hydrogen-bond donors (Lipinski definition) is 1. The molecule has 0 saturated carbocycles. The van der Waals surface area contributed by atoms with Gasteiger partial charge in [-0.15, -0.1) is 6.58 Å². The van der Waals surface area contributed by atoms with Gasteiger partial charge in [0.1, 0.15) is 0 Å². The largest absolute Gasteiger partial charge is 0.335 e. The van der Waals surface area contributed by atoms with Gasteiger partial charge in [-0.05, 0) is 24.5 Å². The Morgan fingerprint density at radius 3 is 2.94 bits per heavy atom. The minimum Gasteiger partial charge on any atom is -0.335 e. The van der Waals surface area contributed by atoms with E-state index in [-0.39, 0.29) is 0 Å². The Morgan fingerprint density at radius 1 is 1.62 bits per heavy atom. The van der Waals surface area contributed by atoms with Crippen LogP contribution in [0.2, 0.25) is 11.5 Å². The number of benzene rings is 1. The fourth-order valence-electron chi connectivity index (χ4n) is 0.953. The lowest BCUT2D eigenvalue weighted by atomic mass is 10.3. The maximum absolute atomic E-state index is 7.96. The monoisotopic (exact) mass is 275 g/mol. The number of anilines is 1. The number of halogens is 2. The molecule has 0 aliphatic carbocycles. The first kappa shape index (κ1) is 11.8. The van der Waals surface area contributed by atoms with Gasteiger partial charge in [0.2, 0.25) is 0 Å². The van der Waals surface area contributed by atoms with Gasteiger partial charge in [0.05, 0.1) is 16.6 Å². The molecule has 0 aliphatic rings. The molecule has 1 rings (SSSR count). The molecule has 16 heavy (non-hydrogen) atoms. The second-order valence-corrected chi connectivity index (χ2v) is 4.41. The van der Waals surface area contributed by atoms with Crippen molar-refractivity contribution in [3.63, 3.8) is 0 Å². The lowest BCUT2D eigenvalue weighted by Gasteiger charge is -2.08. The maximum Gasteiger partial charge on any atom is 0.169 e. The van der Waals surface area contributed by atoms with Crippen LogP contribution in [-0.4, -0.2) is 18.0 Å². The summed E-state index contributed by atoms with van der Waals surface area (Å²) < 4.78 is 7.96. The van der Waals surface area contributed by atoms with E-state index in [0.717, 1.165) is 0 Å². The van der Waals surface area contributed by atoms with E-state index < -0.39 is 0 Å². The molecule has 0 aromatic heterocycles. The van der Waals surface area contributed by atoms with Crippen molar-refractivity contribution in [3.8, 4) is 0 Å². The van der Waals surface area contributed by atoms with Crippen LogP contribution in [0.1, 0.15) is 0 Å². The lowest BCUT2D eigenvalue weighted by molar-refractivity contribution is 1.26. The van der Waals surface area contributed by atoms with Crippen LogP contribution >= 0.6 is 35.0 Å². The number of rotatable bonds is 3. The summed E-state index contributed by atoms with van der Waals surface area (Å²) in [5.74, 6) is 0. The highest BCUT2D eigenvalue weighted by Crippen LogP contribution is 2.25. The summed E-state index contributed by atoms with van der Waals surface area (Å²) in [7, 11) is 0. The van der Waals surface area contributed by atoms with Crippen molar-refractivity contribution in [2.75, 3.05) is 18.1 Å². The zero-order valence-electron chi connectivity index (χ0n) is 9.78. The van der Waals surface area contributed by atoms with Crippen LogP contribution < -0.4 is 5.31 Å². The minimum absolute atomic E-state index is 0.422. The van der Waals surface area contributed by atoms with Crippen molar-refractivity contribution < 1.29 is 1.41 Å². The molecule has 0 heterocycles. The van der Waals surface area contributed by atoms with Gasteiger partial charge in [0, 0.05) is 5.69 Å². The molecule has 2 nitrogen and oxygen atoms in total. The smallest absolute Gasteiger partial charge is 0.169 e. The van der Waals surface area contributed by atoms with Crippen molar-refractivity contribution in [3.05, 3.63) is 40.9 Å². The highest BCUT2D eigenvalue weighted by molar-refractivity contribution is 8.13. The highest BCUT2D eigenvalue weighted by atomic mass is 35.5. The molecule has 0 bridgehead atoms. The zero-order valence-corrected chi connectivity index (χ0v) is 11.1. The van der Waals surface area contributed by atoms with Crippen molar-refractivity contribution in [2.24, 2.45) is 4.99 Å². The third-order valence-electron chi connectivity index (χ3n) is 1.67. The number of nitrogens with zero attached hydrogens (tertiary/aromatic N) is 1. The Labute approximate surface area is 111 Å². The Bertz CT molecular complexity index is 437. The van der Waals surface area contributed by atoms with Gasteiger partial charge in [-0.3, -0.25) is 4.99 Å². The molecule has 86 valence electrons.